The summed E-state index contributed by atoms with van der Waals surface area (Å²) in [6, 6.07) is 15.5. The Bertz CT molecular complexity index is 1050. The van der Waals surface area contributed by atoms with E-state index in [9.17, 15) is 14.4 Å². The number of fused-ring (bicyclic) bond motifs is 1. The highest BCUT2D eigenvalue weighted by atomic mass is 16.2. The average molecular weight is 431 g/mol. The maximum absolute atomic E-state index is 13.6. The summed E-state index contributed by atoms with van der Waals surface area (Å²) in [5.74, 6) is -1.18. The zero-order valence-corrected chi connectivity index (χ0v) is 18.3. The second-order valence-corrected chi connectivity index (χ2v) is 8.54. The van der Waals surface area contributed by atoms with Gasteiger partial charge in [0.1, 0.15) is 6.04 Å². The molecule has 2 aromatic carbocycles. The lowest BCUT2D eigenvalue weighted by Gasteiger charge is -2.33. The quantitative estimate of drug-likeness (QED) is 0.697. The molecule has 2 heterocycles. The van der Waals surface area contributed by atoms with Gasteiger partial charge in [0.05, 0.1) is 22.8 Å². The van der Waals surface area contributed by atoms with Gasteiger partial charge >= 0.3 is 0 Å². The number of benzene rings is 2. The van der Waals surface area contributed by atoms with Crippen LogP contribution in [0.1, 0.15) is 46.5 Å². The molecule has 2 aromatic rings. The van der Waals surface area contributed by atoms with E-state index in [2.05, 4.69) is 11.0 Å². The van der Waals surface area contributed by atoms with E-state index in [1.165, 1.54) is 0 Å². The van der Waals surface area contributed by atoms with Gasteiger partial charge in [0.25, 0.3) is 11.8 Å². The number of hydrogen-bond acceptors (Lipinski definition) is 5. The van der Waals surface area contributed by atoms with Crippen molar-refractivity contribution in [3.8, 4) is 6.07 Å². The average Bonchev–Trinajstić information content (AvgIpc) is 2.96. The van der Waals surface area contributed by atoms with Crippen LogP contribution in [0.25, 0.3) is 0 Å². The van der Waals surface area contributed by atoms with Gasteiger partial charge in [-0.1, -0.05) is 26.0 Å². The number of carbonyl (C=O) groups is 3. The number of anilines is 1. The second kappa shape index (κ2) is 8.83. The summed E-state index contributed by atoms with van der Waals surface area (Å²) < 4.78 is 0. The molecule has 0 aromatic heterocycles. The Morgan fingerprint density at radius 3 is 2.09 bits per heavy atom. The molecule has 0 aliphatic carbocycles. The van der Waals surface area contributed by atoms with Crippen LogP contribution in [0.3, 0.4) is 0 Å². The van der Waals surface area contributed by atoms with Crippen molar-refractivity contribution in [2.45, 2.75) is 26.3 Å². The van der Waals surface area contributed by atoms with Crippen LogP contribution in [0, 0.1) is 17.2 Å². The van der Waals surface area contributed by atoms with Crippen LogP contribution in [0.2, 0.25) is 0 Å². The fourth-order valence-electron chi connectivity index (χ4n) is 4.48. The first-order chi connectivity index (χ1) is 15.4. The minimum Gasteiger partial charge on any atom is -0.370 e. The maximum atomic E-state index is 13.6. The van der Waals surface area contributed by atoms with Crippen LogP contribution in [-0.2, 0) is 4.79 Å². The van der Waals surface area contributed by atoms with Crippen LogP contribution in [-0.4, -0.2) is 59.7 Å². The Hall–Kier alpha value is -3.66. The topological polar surface area (TPSA) is 84.7 Å². The summed E-state index contributed by atoms with van der Waals surface area (Å²) in [6.07, 6.45) is 0.776. The van der Waals surface area contributed by atoms with Crippen molar-refractivity contribution >= 4 is 23.4 Å². The third-order valence-electron chi connectivity index (χ3n) is 6.16. The molecule has 0 spiro atoms. The molecular formula is C25H26N4O3. The zero-order chi connectivity index (χ0) is 22.8. The van der Waals surface area contributed by atoms with Gasteiger partial charge in [-0.15, -0.1) is 0 Å². The van der Waals surface area contributed by atoms with E-state index >= 15 is 0 Å². The molecule has 0 radical (unpaired) electrons. The Labute approximate surface area is 187 Å². The molecule has 0 bridgehead atoms. The number of nitrogens with zero attached hydrogens (tertiary/aromatic N) is 4. The largest absolute Gasteiger partial charge is 0.370 e. The Morgan fingerprint density at radius 1 is 0.906 bits per heavy atom. The third-order valence-corrected chi connectivity index (χ3v) is 6.16. The highest BCUT2D eigenvalue weighted by molar-refractivity contribution is 6.22. The first-order valence-corrected chi connectivity index (χ1v) is 10.9. The van der Waals surface area contributed by atoms with Crippen molar-refractivity contribution in [3.63, 3.8) is 0 Å². The standard InChI is InChI=1S/C25H26N4O3/c1-17(2)22(29-23(30)20-6-3-4-7-21(20)24(29)31)25(32)28-13-5-12-27(14-15-28)19-10-8-18(16-26)9-11-19/h3-4,6-11,17,22H,5,12-15H2,1-2H3. The first kappa shape index (κ1) is 21.6. The van der Waals surface area contributed by atoms with Crippen molar-refractivity contribution in [2.75, 3.05) is 31.1 Å². The van der Waals surface area contributed by atoms with E-state index < -0.39 is 17.9 Å². The zero-order valence-electron chi connectivity index (χ0n) is 18.3. The summed E-state index contributed by atoms with van der Waals surface area (Å²) in [7, 11) is 0. The van der Waals surface area contributed by atoms with Crippen LogP contribution < -0.4 is 4.90 Å². The molecule has 164 valence electrons. The number of amides is 3. The van der Waals surface area contributed by atoms with Crippen molar-refractivity contribution in [1.82, 2.24) is 9.80 Å². The molecule has 0 saturated carbocycles. The lowest BCUT2D eigenvalue weighted by atomic mass is 10.0. The van der Waals surface area contributed by atoms with Gasteiger partial charge in [-0.25, -0.2) is 0 Å². The highest BCUT2D eigenvalue weighted by Crippen LogP contribution is 2.28. The number of rotatable bonds is 4. The summed E-state index contributed by atoms with van der Waals surface area (Å²) in [5, 5.41) is 9.00. The van der Waals surface area contributed by atoms with E-state index in [0.717, 1.165) is 23.6 Å². The predicted molar refractivity (Wildman–Crippen MR) is 120 cm³/mol. The van der Waals surface area contributed by atoms with E-state index in [1.807, 2.05) is 26.0 Å². The maximum Gasteiger partial charge on any atom is 0.262 e. The molecule has 1 unspecified atom stereocenters. The second-order valence-electron chi connectivity index (χ2n) is 8.54. The molecule has 4 rings (SSSR count). The normalized spacial score (nSPS) is 17.2. The van der Waals surface area contributed by atoms with Gasteiger partial charge in [0.15, 0.2) is 0 Å². The summed E-state index contributed by atoms with van der Waals surface area (Å²) in [5.41, 5.74) is 2.35. The monoisotopic (exact) mass is 430 g/mol. The van der Waals surface area contributed by atoms with Crippen LogP contribution in [0.15, 0.2) is 48.5 Å². The molecular weight excluding hydrogens is 404 g/mol. The van der Waals surface area contributed by atoms with E-state index in [0.29, 0.717) is 36.3 Å². The fraction of sp³-hybridized carbons (Fsp3) is 0.360. The smallest absolute Gasteiger partial charge is 0.262 e. The molecule has 2 aliphatic rings. The minimum absolute atomic E-state index is 0.184. The number of hydrogen-bond donors (Lipinski definition) is 0. The van der Waals surface area contributed by atoms with Crippen LogP contribution in [0.4, 0.5) is 5.69 Å². The Kier molecular flexibility index (Phi) is 5.95. The SMILES string of the molecule is CC(C)C(C(=O)N1CCCN(c2ccc(C#N)cc2)CC1)N1C(=O)c2ccccc2C1=O. The first-order valence-electron chi connectivity index (χ1n) is 10.9. The molecule has 7 heteroatoms. The van der Waals surface area contributed by atoms with Crippen molar-refractivity contribution < 1.29 is 14.4 Å². The lowest BCUT2D eigenvalue weighted by molar-refractivity contribution is -0.136. The van der Waals surface area contributed by atoms with Gasteiger partial charge in [-0.2, -0.15) is 5.26 Å². The molecule has 2 aliphatic heterocycles. The molecule has 1 saturated heterocycles. The fourth-order valence-corrected chi connectivity index (χ4v) is 4.48. The summed E-state index contributed by atoms with van der Waals surface area (Å²) in [6.45, 7) is 6.24. The molecule has 0 N–H and O–H groups in total. The van der Waals surface area contributed by atoms with Crippen molar-refractivity contribution in [1.29, 1.82) is 5.26 Å². The Balaban J connectivity index is 1.51. The van der Waals surface area contributed by atoms with E-state index in [4.69, 9.17) is 5.26 Å². The number of imide groups is 1. The number of nitriles is 1. The molecule has 1 fully saturated rings. The van der Waals surface area contributed by atoms with Gasteiger partial charge in [0, 0.05) is 31.9 Å². The van der Waals surface area contributed by atoms with Crippen molar-refractivity contribution in [3.05, 3.63) is 65.2 Å². The molecule has 3 amide bonds. The van der Waals surface area contributed by atoms with Crippen molar-refractivity contribution in [2.24, 2.45) is 5.92 Å². The lowest BCUT2D eigenvalue weighted by Crippen LogP contribution is -2.54. The summed E-state index contributed by atoms with van der Waals surface area (Å²) in [4.78, 5) is 44.7. The van der Waals surface area contributed by atoms with Gasteiger partial charge in [-0.05, 0) is 48.7 Å². The molecule has 7 nitrogen and oxygen atoms in total. The van der Waals surface area contributed by atoms with Crippen LogP contribution in [0.5, 0.6) is 0 Å². The minimum atomic E-state index is -0.830. The number of carbonyl (C=O) groups excluding carboxylic acids is 3. The third kappa shape index (κ3) is 3.84. The highest BCUT2D eigenvalue weighted by Gasteiger charge is 2.45. The Morgan fingerprint density at radius 2 is 1.53 bits per heavy atom. The molecule has 1 atom stereocenters. The molecule has 32 heavy (non-hydrogen) atoms. The van der Waals surface area contributed by atoms with Gasteiger partial charge in [-0.3, -0.25) is 19.3 Å². The summed E-state index contributed by atoms with van der Waals surface area (Å²) >= 11 is 0. The van der Waals surface area contributed by atoms with Gasteiger partial charge in [0.2, 0.25) is 5.91 Å². The van der Waals surface area contributed by atoms with E-state index in [-0.39, 0.29) is 11.8 Å². The van der Waals surface area contributed by atoms with E-state index in [1.54, 1.807) is 41.3 Å². The van der Waals surface area contributed by atoms with Gasteiger partial charge < -0.3 is 9.80 Å². The predicted octanol–water partition coefficient (Wildman–Crippen LogP) is 2.92. The van der Waals surface area contributed by atoms with Crippen LogP contribution >= 0.6 is 0 Å².